The number of hydrogen-bond acceptors (Lipinski definition) is 1. The Morgan fingerprint density at radius 3 is 2.65 bits per heavy atom. The van der Waals surface area contributed by atoms with Crippen molar-refractivity contribution in [2.75, 3.05) is 0 Å². The summed E-state index contributed by atoms with van der Waals surface area (Å²) >= 11 is 0. The van der Waals surface area contributed by atoms with Crippen molar-refractivity contribution in [3.05, 3.63) is 70.8 Å². The van der Waals surface area contributed by atoms with Crippen LogP contribution in [0.3, 0.4) is 0 Å². The Balaban J connectivity index is 1.85. The van der Waals surface area contributed by atoms with Crippen LogP contribution in [0.1, 0.15) is 41.5 Å². The van der Waals surface area contributed by atoms with E-state index in [1.807, 2.05) is 0 Å². The van der Waals surface area contributed by atoms with Crippen LogP contribution in [0.2, 0.25) is 0 Å². The summed E-state index contributed by atoms with van der Waals surface area (Å²) in [5, 5.41) is 3.75. The lowest BCUT2D eigenvalue weighted by Crippen LogP contribution is -2.40. The molecule has 2 unspecified atom stereocenters. The first-order valence-electron chi connectivity index (χ1n) is 7.64. The van der Waals surface area contributed by atoms with Crippen LogP contribution in [-0.4, -0.2) is 6.04 Å². The van der Waals surface area contributed by atoms with Gasteiger partial charge in [-0.15, -0.1) is 0 Å². The minimum atomic E-state index is 0.553. The fourth-order valence-electron chi connectivity index (χ4n) is 3.44. The van der Waals surface area contributed by atoms with Crippen molar-refractivity contribution in [3.63, 3.8) is 0 Å². The standard InChI is InChI=1S/C19H23N/c1-3-17-18-10-9-14(2)11-16(18)13-20-19(17)12-15-7-5-4-6-8-15/h4-11,17,19-20H,3,12-13H2,1-2H3. The molecule has 0 aromatic heterocycles. The lowest BCUT2D eigenvalue weighted by atomic mass is 9.80. The molecule has 0 radical (unpaired) electrons. The molecule has 0 amide bonds. The van der Waals surface area contributed by atoms with Crippen molar-refractivity contribution in [1.29, 1.82) is 0 Å². The van der Waals surface area contributed by atoms with Crippen LogP contribution in [0.25, 0.3) is 0 Å². The zero-order valence-corrected chi connectivity index (χ0v) is 12.4. The number of nitrogens with one attached hydrogen (secondary N) is 1. The Morgan fingerprint density at radius 2 is 1.90 bits per heavy atom. The summed E-state index contributed by atoms with van der Waals surface area (Å²) < 4.78 is 0. The quantitative estimate of drug-likeness (QED) is 0.877. The summed E-state index contributed by atoms with van der Waals surface area (Å²) in [7, 11) is 0. The van der Waals surface area contributed by atoms with Crippen LogP contribution >= 0.6 is 0 Å². The molecule has 3 rings (SSSR count). The Labute approximate surface area is 122 Å². The molecular formula is C19H23N. The monoisotopic (exact) mass is 265 g/mol. The Morgan fingerprint density at radius 1 is 1.10 bits per heavy atom. The highest BCUT2D eigenvalue weighted by Gasteiger charge is 2.27. The summed E-state index contributed by atoms with van der Waals surface area (Å²) in [6.45, 7) is 5.49. The fourth-order valence-corrected chi connectivity index (χ4v) is 3.44. The second-order valence-corrected chi connectivity index (χ2v) is 5.89. The van der Waals surface area contributed by atoms with Gasteiger partial charge in [0.05, 0.1) is 0 Å². The van der Waals surface area contributed by atoms with E-state index in [0.717, 1.165) is 13.0 Å². The largest absolute Gasteiger partial charge is 0.309 e. The average Bonchev–Trinajstić information content (AvgIpc) is 2.48. The topological polar surface area (TPSA) is 12.0 Å². The molecule has 0 spiro atoms. The molecule has 20 heavy (non-hydrogen) atoms. The molecule has 1 nitrogen and oxygen atoms in total. The number of aryl methyl sites for hydroxylation is 1. The van der Waals surface area contributed by atoms with Gasteiger partial charge in [-0.05, 0) is 42.4 Å². The van der Waals surface area contributed by atoms with Crippen molar-refractivity contribution >= 4 is 0 Å². The molecule has 2 aromatic carbocycles. The smallest absolute Gasteiger partial charge is 0.0211 e. The molecule has 1 aliphatic rings. The maximum absolute atomic E-state index is 3.75. The summed E-state index contributed by atoms with van der Waals surface area (Å²) in [4.78, 5) is 0. The van der Waals surface area contributed by atoms with Gasteiger partial charge in [0, 0.05) is 12.6 Å². The molecular weight excluding hydrogens is 242 g/mol. The maximum atomic E-state index is 3.75. The van der Waals surface area contributed by atoms with E-state index in [9.17, 15) is 0 Å². The third-order valence-corrected chi connectivity index (χ3v) is 4.48. The Bertz CT molecular complexity index is 574. The number of hydrogen-bond donors (Lipinski definition) is 1. The van der Waals surface area contributed by atoms with E-state index in [2.05, 4.69) is 67.7 Å². The van der Waals surface area contributed by atoms with Crippen LogP contribution in [0.15, 0.2) is 48.5 Å². The highest BCUT2D eigenvalue weighted by Crippen LogP contribution is 2.32. The number of fused-ring (bicyclic) bond motifs is 1. The fraction of sp³-hybridized carbons (Fsp3) is 0.368. The van der Waals surface area contributed by atoms with Gasteiger partial charge in [-0.1, -0.05) is 61.0 Å². The van der Waals surface area contributed by atoms with Gasteiger partial charge in [-0.2, -0.15) is 0 Å². The summed E-state index contributed by atoms with van der Waals surface area (Å²) in [5.74, 6) is 0.625. The van der Waals surface area contributed by atoms with Crippen LogP contribution in [-0.2, 0) is 13.0 Å². The zero-order chi connectivity index (χ0) is 13.9. The van der Waals surface area contributed by atoms with Crippen molar-refractivity contribution in [2.45, 2.75) is 45.2 Å². The van der Waals surface area contributed by atoms with Gasteiger partial charge in [0.2, 0.25) is 0 Å². The molecule has 2 aromatic rings. The Kier molecular flexibility index (Phi) is 3.88. The zero-order valence-electron chi connectivity index (χ0n) is 12.4. The van der Waals surface area contributed by atoms with Gasteiger partial charge >= 0.3 is 0 Å². The molecule has 0 aliphatic carbocycles. The molecule has 1 aliphatic heterocycles. The first-order chi connectivity index (χ1) is 9.78. The van der Waals surface area contributed by atoms with E-state index >= 15 is 0 Å². The van der Waals surface area contributed by atoms with Crippen LogP contribution in [0, 0.1) is 6.92 Å². The summed E-state index contributed by atoms with van der Waals surface area (Å²) in [6.07, 6.45) is 2.31. The minimum Gasteiger partial charge on any atom is -0.309 e. The lowest BCUT2D eigenvalue weighted by Gasteiger charge is -2.34. The Hall–Kier alpha value is -1.60. The SMILES string of the molecule is CCC1c2ccc(C)cc2CNC1Cc1ccccc1. The molecule has 2 atom stereocenters. The highest BCUT2D eigenvalue weighted by atomic mass is 14.9. The lowest BCUT2D eigenvalue weighted by molar-refractivity contribution is 0.390. The predicted molar refractivity (Wildman–Crippen MR) is 85.0 cm³/mol. The molecule has 0 saturated heterocycles. The third-order valence-electron chi connectivity index (χ3n) is 4.48. The van der Waals surface area contributed by atoms with Crippen molar-refractivity contribution < 1.29 is 0 Å². The van der Waals surface area contributed by atoms with Gasteiger partial charge in [0.15, 0.2) is 0 Å². The van der Waals surface area contributed by atoms with Gasteiger partial charge in [0.1, 0.15) is 0 Å². The van der Waals surface area contributed by atoms with Crippen molar-refractivity contribution in [2.24, 2.45) is 0 Å². The molecule has 1 heterocycles. The second kappa shape index (κ2) is 5.80. The minimum absolute atomic E-state index is 0.553. The van der Waals surface area contributed by atoms with E-state index in [1.165, 1.54) is 23.1 Å². The molecule has 1 N–H and O–H groups in total. The average molecular weight is 265 g/mol. The molecule has 104 valence electrons. The van der Waals surface area contributed by atoms with Crippen LogP contribution < -0.4 is 5.32 Å². The van der Waals surface area contributed by atoms with Crippen molar-refractivity contribution in [1.82, 2.24) is 5.32 Å². The molecule has 0 bridgehead atoms. The van der Waals surface area contributed by atoms with Gasteiger partial charge < -0.3 is 5.32 Å². The molecule has 1 heteroatoms. The number of rotatable bonds is 3. The molecule has 0 saturated carbocycles. The summed E-state index contributed by atoms with van der Waals surface area (Å²) in [5.41, 5.74) is 5.83. The van der Waals surface area contributed by atoms with E-state index in [1.54, 1.807) is 5.56 Å². The van der Waals surface area contributed by atoms with Gasteiger partial charge in [-0.25, -0.2) is 0 Å². The first kappa shape index (κ1) is 13.4. The normalized spacial score (nSPS) is 21.5. The highest BCUT2D eigenvalue weighted by molar-refractivity contribution is 5.37. The maximum Gasteiger partial charge on any atom is 0.0211 e. The first-order valence-corrected chi connectivity index (χ1v) is 7.64. The summed E-state index contributed by atoms with van der Waals surface area (Å²) in [6, 6.07) is 18.3. The second-order valence-electron chi connectivity index (χ2n) is 5.89. The van der Waals surface area contributed by atoms with Crippen LogP contribution in [0.5, 0.6) is 0 Å². The van der Waals surface area contributed by atoms with Gasteiger partial charge in [-0.3, -0.25) is 0 Å². The third kappa shape index (κ3) is 2.64. The van der Waals surface area contributed by atoms with Crippen LogP contribution in [0.4, 0.5) is 0 Å². The van der Waals surface area contributed by atoms with E-state index < -0.39 is 0 Å². The predicted octanol–water partition coefficient (Wildman–Crippen LogP) is 4.20. The molecule has 0 fully saturated rings. The number of benzene rings is 2. The van der Waals surface area contributed by atoms with E-state index in [4.69, 9.17) is 0 Å². The van der Waals surface area contributed by atoms with Gasteiger partial charge in [0.25, 0.3) is 0 Å². The van der Waals surface area contributed by atoms with E-state index in [0.29, 0.717) is 12.0 Å². The van der Waals surface area contributed by atoms with E-state index in [-0.39, 0.29) is 0 Å². The van der Waals surface area contributed by atoms with Crippen molar-refractivity contribution in [3.8, 4) is 0 Å².